The summed E-state index contributed by atoms with van der Waals surface area (Å²) < 4.78 is 4.77. The number of aliphatic carboxylic acids is 1. The third-order valence-electron chi connectivity index (χ3n) is 2.40. The van der Waals surface area contributed by atoms with Gasteiger partial charge in [0, 0.05) is 6.54 Å². The Balaban J connectivity index is 2.37. The molecular formula is C11H15NO4. The van der Waals surface area contributed by atoms with Crippen LogP contribution in [0.2, 0.25) is 0 Å². The van der Waals surface area contributed by atoms with Gasteiger partial charge >= 0.3 is 5.97 Å². The maximum atomic E-state index is 11.4. The fourth-order valence-corrected chi connectivity index (χ4v) is 1.09. The number of carboxylic acids is 1. The third-order valence-corrected chi connectivity index (χ3v) is 2.40. The van der Waals surface area contributed by atoms with Crippen LogP contribution in [0.15, 0.2) is 23.0 Å². The lowest BCUT2D eigenvalue weighted by atomic mass is 9.90. The molecular weight excluding hydrogens is 210 g/mol. The predicted molar refractivity (Wildman–Crippen MR) is 57.1 cm³/mol. The third kappa shape index (κ3) is 3.12. The lowest BCUT2D eigenvalue weighted by molar-refractivity contribution is -0.147. The van der Waals surface area contributed by atoms with Crippen LogP contribution in [-0.2, 0) is 4.79 Å². The number of furan rings is 1. The summed E-state index contributed by atoms with van der Waals surface area (Å²) in [5.74, 6) is -1.13. The fraction of sp³-hybridized carbons (Fsp3) is 0.455. The van der Waals surface area contributed by atoms with Crippen LogP contribution < -0.4 is 5.32 Å². The second-order valence-corrected chi connectivity index (χ2v) is 4.21. The van der Waals surface area contributed by atoms with E-state index in [9.17, 15) is 9.59 Å². The van der Waals surface area contributed by atoms with E-state index in [2.05, 4.69) is 5.32 Å². The highest BCUT2D eigenvalue weighted by atomic mass is 16.4. The Hall–Kier alpha value is -1.78. The van der Waals surface area contributed by atoms with Crippen LogP contribution in [0.5, 0.6) is 0 Å². The molecule has 0 spiro atoms. The van der Waals surface area contributed by atoms with Gasteiger partial charge in [-0.1, -0.05) is 0 Å². The van der Waals surface area contributed by atoms with Crippen molar-refractivity contribution in [3.05, 3.63) is 24.2 Å². The highest BCUT2D eigenvalue weighted by Gasteiger charge is 2.26. The number of carbonyl (C=O) groups excluding carboxylic acids is 1. The number of hydrogen-bond donors (Lipinski definition) is 2. The van der Waals surface area contributed by atoms with E-state index in [1.54, 1.807) is 19.9 Å². The topological polar surface area (TPSA) is 79.5 Å². The first-order valence-electron chi connectivity index (χ1n) is 4.97. The Bertz CT molecular complexity index is 367. The van der Waals surface area contributed by atoms with Crippen molar-refractivity contribution in [3.63, 3.8) is 0 Å². The summed E-state index contributed by atoms with van der Waals surface area (Å²) in [5, 5.41) is 11.5. The van der Waals surface area contributed by atoms with E-state index >= 15 is 0 Å². The molecule has 88 valence electrons. The Morgan fingerprint density at radius 3 is 2.69 bits per heavy atom. The van der Waals surface area contributed by atoms with Gasteiger partial charge in [-0.15, -0.1) is 0 Å². The first-order chi connectivity index (χ1) is 7.43. The zero-order valence-corrected chi connectivity index (χ0v) is 9.32. The van der Waals surface area contributed by atoms with Crippen LogP contribution >= 0.6 is 0 Å². The van der Waals surface area contributed by atoms with Gasteiger partial charge in [-0.25, -0.2) is 0 Å². The first kappa shape index (κ1) is 12.3. The van der Waals surface area contributed by atoms with Gasteiger partial charge in [0.2, 0.25) is 0 Å². The molecule has 0 saturated heterocycles. The van der Waals surface area contributed by atoms with Gasteiger partial charge in [0.05, 0.1) is 17.2 Å². The molecule has 0 aromatic carbocycles. The average molecular weight is 225 g/mol. The van der Waals surface area contributed by atoms with Crippen molar-refractivity contribution in [2.45, 2.75) is 20.3 Å². The van der Waals surface area contributed by atoms with E-state index in [1.165, 1.54) is 12.5 Å². The maximum Gasteiger partial charge on any atom is 0.309 e. The van der Waals surface area contributed by atoms with Crippen LogP contribution in [0, 0.1) is 5.41 Å². The van der Waals surface area contributed by atoms with Crippen LogP contribution in [0.4, 0.5) is 0 Å². The summed E-state index contributed by atoms with van der Waals surface area (Å²) >= 11 is 0. The van der Waals surface area contributed by atoms with Gasteiger partial charge in [0.25, 0.3) is 5.91 Å². The van der Waals surface area contributed by atoms with Crippen LogP contribution in [0.25, 0.3) is 0 Å². The molecule has 5 heteroatoms. The Kier molecular flexibility index (Phi) is 3.71. The highest BCUT2D eigenvalue weighted by molar-refractivity contribution is 5.93. The molecule has 0 atom stereocenters. The molecule has 0 saturated carbocycles. The number of nitrogens with one attached hydrogen (secondary N) is 1. The summed E-state index contributed by atoms with van der Waals surface area (Å²) in [4.78, 5) is 22.2. The second kappa shape index (κ2) is 4.83. The number of carboxylic acid groups (broad SMARTS) is 1. The summed E-state index contributed by atoms with van der Waals surface area (Å²) in [6, 6.07) is 1.55. The molecule has 1 rings (SSSR count). The summed E-state index contributed by atoms with van der Waals surface area (Å²) in [6.07, 6.45) is 3.14. The van der Waals surface area contributed by atoms with Crippen molar-refractivity contribution in [3.8, 4) is 0 Å². The van der Waals surface area contributed by atoms with Crippen LogP contribution in [0.3, 0.4) is 0 Å². The standard InChI is InChI=1S/C11H15NO4/c1-11(2,10(14)15)4-5-12-9(13)8-3-6-16-7-8/h3,6-7H,4-5H2,1-2H3,(H,12,13)(H,14,15). The molecule has 0 bridgehead atoms. The molecule has 0 unspecified atom stereocenters. The molecule has 1 amide bonds. The highest BCUT2D eigenvalue weighted by Crippen LogP contribution is 2.19. The molecule has 0 aliphatic carbocycles. The van der Waals surface area contributed by atoms with Crippen molar-refractivity contribution >= 4 is 11.9 Å². The normalized spacial score (nSPS) is 11.1. The largest absolute Gasteiger partial charge is 0.481 e. The Morgan fingerprint density at radius 1 is 1.50 bits per heavy atom. The van der Waals surface area contributed by atoms with E-state index in [4.69, 9.17) is 9.52 Å². The quantitative estimate of drug-likeness (QED) is 0.796. The van der Waals surface area contributed by atoms with E-state index in [0.717, 1.165) is 0 Å². The fourth-order valence-electron chi connectivity index (χ4n) is 1.09. The summed E-state index contributed by atoms with van der Waals surface area (Å²) in [6.45, 7) is 3.57. The summed E-state index contributed by atoms with van der Waals surface area (Å²) in [7, 11) is 0. The van der Waals surface area contributed by atoms with Crippen molar-refractivity contribution in [1.29, 1.82) is 0 Å². The molecule has 0 aliphatic rings. The first-order valence-corrected chi connectivity index (χ1v) is 4.97. The zero-order chi connectivity index (χ0) is 12.2. The molecule has 0 aliphatic heterocycles. The molecule has 5 nitrogen and oxygen atoms in total. The lowest BCUT2D eigenvalue weighted by Gasteiger charge is -2.18. The number of carbonyl (C=O) groups is 2. The van der Waals surface area contributed by atoms with Crippen molar-refractivity contribution in [2.24, 2.45) is 5.41 Å². The minimum atomic E-state index is -0.870. The molecule has 1 heterocycles. The molecule has 16 heavy (non-hydrogen) atoms. The van der Waals surface area contributed by atoms with E-state index in [1.807, 2.05) is 0 Å². The monoisotopic (exact) mass is 225 g/mol. The van der Waals surface area contributed by atoms with Gasteiger partial charge in [-0.3, -0.25) is 9.59 Å². The molecule has 0 fully saturated rings. The van der Waals surface area contributed by atoms with Gasteiger partial charge in [0.1, 0.15) is 6.26 Å². The van der Waals surface area contributed by atoms with Crippen LogP contribution in [-0.4, -0.2) is 23.5 Å². The molecule has 2 N–H and O–H groups in total. The Morgan fingerprint density at radius 2 is 2.19 bits per heavy atom. The number of rotatable bonds is 5. The number of hydrogen-bond acceptors (Lipinski definition) is 3. The maximum absolute atomic E-state index is 11.4. The zero-order valence-electron chi connectivity index (χ0n) is 9.32. The van der Waals surface area contributed by atoms with Crippen LogP contribution in [0.1, 0.15) is 30.6 Å². The molecule has 1 aromatic heterocycles. The van der Waals surface area contributed by atoms with Gasteiger partial charge in [-0.2, -0.15) is 0 Å². The van der Waals surface area contributed by atoms with Gasteiger partial charge in [0.15, 0.2) is 0 Å². The SMILES string of the molecule is CC(C)(CCNC(=O)c1ccoc1)C(=O)O. The second-order valence-electron chi connectivity index (χ2n) is 4.21. The summed E-state index contributed by atoms with van der Waals surface area (Å²) in [5.41, 5.74) is -0.392. The van der Waals surface area contributed by atoms with Gasteiger partial charge < -0.3 is 14.8 Å². The van der Waals surface area contributed by atoms with E-state index in [-0.39, 0.29) is 5.91 Å². The van der Waals surface area contributed by atoms with Gasteiger partial charge in [-0.05, 0) is 26.3 Å². The number of amides is 1. The molecule has 0 radical (unpaired) electrons. The van der Waals surface area contributed by atoms with E-state index in [0.29, 0.717) is 18.5 Å². The smallest absolute Gasteiger partial charge is 0.309 e. The van der Waals surface area contributed by atoms with Crippen molar-refractivity contribution in [1.82, 2.24) is 5.32 Å². The predicted octanol–water partition coefficient (Wildman–Crippen LogP) is 1.51. The minimum absolute atomic E-state index is 0.255. The lowest BCUT2D eigenvalue weighted by Crippen LogP contribution is -2.31. The Labute approximate surface area is 93.4 Å². The van der Waals surface area contributed by atoms with E-state index < -0.39 is 11.4 Å². The van der Waals surface area contributed by atoms with Crippen molar-refractivity contribution in [2.75, 3.05) is 6.54 Å². The molecule has 1 aromatic rings. The van der Waals surface area contributed by atoms with Crippen molar-refractivity contribution < 1.29 is 19.1 Å². The average Bonchev–Trinajstić information content (AvgIpc) is 2.69. The minimum Gasteiger partial charge on any atom is -0.481 e.